The third-order valence-corrected chi connectivity index (χ3v) is 4.00. The fraction of sp³-hybridized carbons (Fsp3) is 0.312. The first-order chi connectivity index (χ1) is 9.69. The van der Waals surface area contributed by atoms with E-state index < -0.39 is 6.10 Å². The van der Waals surface area contributed by atoms with E-state index in [-0.39, 0.29) is 0 Å². The number of thioether (sulfide) groups is 1. The summed E-state index contributed by atoms with van der Waals surface area (Å²) in [5.74, 6) is 1.48. The number of hydrogen-bond donors (Lipinski definition) is 1. The van der Waals surface area contributed by atoms with Gasteiger partial charge in [0.25, 0.3) is 0 Å². The summed E-state index contributed by atoms with van der Waals surface area (Å²) in [5, 5.41) is 9.59. The summed E-state index contributed by atoms with van der Waals surface area (Å²) < 4.78 is 5.15. The van der Waals surface area contributed by atoms with Crippen LogP contribution in [0.1, 0.15) is 18.2 Å². The van der Waals surface area contributed by atoms with E-state index in [9.17, 15) is 5.11 Å². The van der Waals surface area contributed by atoms with Crippen LogP contribution >= 0.6 is 11.8 Å². The SMILES string of the molecule is COc1ccc(SCc2ccccc2)c(CC(C)O)n1. The third-order valence-electron chi connectivity index (χ3n) is 2.84. The smallest absolute Gasteiger partial charge is 0.213 e. The minimum atomic E-state index is -0.411. The summed E-state index contributed by atoms with van der Waals surface area (Å²) in [6.07, 6.45) is 0.125. The Labute approximate surface area is 124 Å². The normalized spacial score (nSPS) is 12.2. The number of aliphatic hydroxyl groups excluding tert-OH is 1. The van der Waals surface area contributed by atoms with Gasteiger partial charge in [0.05, 0.1) is 18.9 Å². The van der Waals surface area contributed by atoms with Crippen molar-refractivity contribution in [1.82, 2.24) is 4.98 Å². The molecule has 1 N–H and O–H groups in total. The molecule has 0 radical (unpaired) electrons. The van der Waals surface area contributed by atoms with Gasteiger partial charge < -0.3 is 9.84 Å². The van der Waals surface area contributed by atoms with Crippen LogP contribution in [0.25, 0.3) is 0 Å². The van der Waals surface area contributed by atoms with Crippen molar-refractivity contribution in [2.75, 3.05) is 7.11 Å². The molecular weight excluding hydrogens is 270 g/mol. The van der Waals surface area contributed by atoms with E-state index >= 15 is 0 Å². The molecule has 0 saturated carbocycles. The first kappa shape index (κ1) is 14.9. The van der Waals surface area contributed by atoms with Gasteiger partial charge in [-0.1, -0.05) is 30.3 Å². The van der Waals surface area contributed by atoms with Gasteiger partial charge >= 0.3 is 0 Å². The third kappa shape index (κ3) is 4.25. The zero-order valence-electron chi connectivity index (χ0n) is 11.7. The van der Waals surface area contributed by atoms with Crippen molar-refractivity contribution in [2.45, 2.75) is 30.1 Å². The molecule has 0 bridgehead atoms. The van der Waals surface area contributed by atoms with Crippen LogP contribution in [-0.4, -0.2) is 23.3 Å². The number of nitrogens with zero attached hydrogens (tertiary/aromatic N) is 1. The second kappa shape index (κ2) is 7.31. The number of benzene rings is 1. The Kier molecular flexibility index (Phi) is 5.44. The highest BCUT2D eigenvalue weighted by molar-refractivity contribution is 7.98. The Morgan fingerprint density at radius 3 is 2.60 bits per heavy atom. The van der Waals surface area contributed by atoms with Crippen molar-refractivity contribution < 1.29 is 9.84 Å². The number of methoxy groups -OCH3 is 1. The molecule has 0 aliphatic heterocycles. The number of ether oxygens (including phenoxy) is 1. The van der Waals surface area contributed by atoms with Crippen LogP contribution in [0.5, 0.6) is 5.88 Å². The predicted octanol–water partition coefficient (Wildman–Crippen LogP) is 3.31. The zero-order chi connectivity index (χ0) is 14.4. The molecule has 1 heterocycles. The molecule has 0 fully saturated rings. The lowest BCUT2D eigenvalue weighted by Crippen LogP contribution is -2.08. The molecule has 1 aromatic heterocycles. The highest BCUT2D eigenvalue weighted by Gasteiger charge is 2.10. The van der Waals surface area contributed by atoms with E-state index in [4.69, 9.17) is 4.74 Å². The summed E-state index contributed by atoms with van der Waals surface area (Å²) >= 11 is 1.73. The summed E-state index contributed by atoms with van der Waals surface area (Å²) in [5.41, 5.74) is 2.16. The zero-order valence-corrected chi connectivity index (χ0v) is 12.6. The van der Waals surface area contributed by atoms with Crippen LogP contribution in [0.3, 0.4) is 0 Å². The second-order valence-electron chi connectivity index (χ2n) is 4.63. The number of aromatic nitrogens is 1. The van der Waals surface area contributed by atoms with Crippen molar-refractivity contribution in [2.24, 2.45) is 0 Å². The fourth-order valence-corrected chi connectivity index (χ4v) is 2.85. The Bertz CT molecular complexity index is 543. The van der Waals surface area contributed by atoms with Crippen LogP contribution in [0, 0.1) is 0 Å². The molecule has 0 amide bonds. The summed E-state index contributed by atoms with van der Waals surface area (Å²) in [6.45, 7) is 1.77. The molecule has 1 atom stereocenters. The van der Waals surface area contributed by atoms with E-state index in [0.29, 0.717) is 12.3 Å². The van der Waals surface area contributed by atoms with Gasteiger partial charge in [-0.05, 0) is 18.6 Å². The molecular formula is C16H19NO2S. The largest absolute Gasteiger partial charge is 0.481 e. The Morgan fingerprint density at radius 2 is 1.95 bits per heavy atom. The molecule has 3 nitrogen and oxygen atoms in total. The van der Waals surface area contributed by atoms with E-state index in [1.54, 1.807) is 25.8 Å². The van der Waals surface area contributed by atoms with Crippen molar-refractivity contribution in [1.29, 1.82) is 0 Å². The highest BCUT2D eigenvalue weighted by atomic mass is 32.2. The lowest BCUT2D eigenvalue weighted by Gasteiger charge is -2.11. The maximum Gasteiger partial charge on any atom is 0.213 e. The standard InChI is InChI=1S/C16H19NO2S/c1-12(18)10-14-15(8-9-16(17-14)19-2)20-11-13-6-4-3-5-7-13/h3-9,12,18H,10-11H2,1-2H3. The summed E-state index contributed by atoms with van der Waals surface area (Å²) in [4.78, 5) is 5.53. The van der Waals surface area contributed by atoms with Crippen LogP contribution in [-0.2, 0) is 12.2 Å². The summed E-state index contributed by atoms with van der Waals surface area (Å²) in [7, 11) is 1.60. The van der Waals surface area contributed by atoms with Crippen molar-refractivity contribution >= 4 is 11.8 Å². The van der Waals surface area contributed by atoms with Gasteiger partial charge in [0.2, 0.25) is 5.88 Å². The molecule has 1 unspecified atom stereocenters. The van der Waals surface area contributed by atoms with Gasteiger partial charge in [-0.25, -0.2) is 4.98 Å². The quantitative estimate of drug-likeness (QED) is 0.829. The van der Waals surface area contributed by atoms with E-state index in [0.717, 1.165) is 16.3 Å². The van der Waals surface area contributed by atoms with Crippen molar-refractivity contribution in [3.05, 3.63) is 53.7 Å². The average molecular weight is 289 g/mol. The van der Waals surface area contributed by atoms with Gasteiger partial charge in [-0.15, -0.1) is 11.8 Å². The van der Waals surface area contributed by atoms with Gasteiger partial charge in [-0.2, -0.15) is 0 Å². The highest BCUT2D eigenvalue weighted by Crippen LogP contribution is 2.28. The maximum atomic E-state index is 9.59. The number of hydrogen-bond acceptors (Lipinski definition) is 4. The molecule has 0 saturated heterocycles. The van der Waals surface area contributed by atoms with E-state index in [1.807, 2.05) is 30.3 Å². The van der Waals surface area contributed by atoms with Crippen molar-refractivity contribution in [3.63, 3.8) is 0 Å². The number of rotatable bonds is 6. The van der Waals surface area contributed by atoms with Crippen LogP contribution in [0.4, 0.5) is 0 Å². The van der Waals surface area contributed by atoms with E-state index in [1.165, 1.54) is 5.56 Å². The summed E-state index contributed by atoms with van der Waals surface area (Å²) in [6, 6.07) is 14.2. The lowest BCUT2D eigenvalue weighted by atomic mass is 10.2. The Hall–Kier alpha value is -1.52. The Morgan fingerprint density at radius 1 is 1.20 bits per heavy atom. The molecule has 2 aromatic rings. The molecule has 0 aliphatic carbocycles. The monoisotopic (exact) mass is 289 g/mol. The van der Waals surface area contributed by atoms with Gasteiger partial charge in [0.15, 0.2) is 0 Å². The van der Waals surface area contributed by atoms with Crippen molar-refractivity contribution in [3.8, 4) is 5.88 Å². The van der Waals surface area contributed by atoms with Crippen LogP contribution < -0.4 is 4.74 Å². The van der Waals surface area contributed by atoms with Crippen LogP contribution in [0.2, 0.25) is 0 Å². The molecule has 2 rings (SSSR count). The maximum absolute atomic E-state index is 9.59. The van der Waals surface area contributed by atoms with Gasteiger partial charge in [-0.3, -0.25) is 0 Å². The number of pyridine rings is 1. The molecule has 0 spiro atoms. The molecule has 106 valence electrons. The molecule has 0 aliphatic rings. The molecule has 1 aromatic carbocycles. The van der Waals surface area contributed by atoms with Gasteiger partial charge in [0, 0.05) is 23.1 Å². The Balaban J connectivity index is 2.13. The average Bonchev–Trinajstić information content (AvgIpc) is 2.46. The lowest BCUT2D eigenvalue weighted by molar-refractivity contribution is 0.193. The predicted molar refractivity (Wildman–Crippen MR) is 82.2 cm³/mol. The molecule has 20 heavy (non-hydrogen) atoms. The second-order valence-corrected chi connectivity index (χ2v) is 5.64. The minimum Gasteiger partial charge on any atom is -0.481 e. The first-order valence-electron chi connectivity index (χ1n) is 6.57. The minimum absolute atomic E-state index is 0.411. The van der Waals surface area contributed by atoms with Gasteiger partial charge in [0.1, 0.15) is 0 Å². The van der Waals surface area contributed by atoms with E-state index in [2.05, 4.69) is 17.1 Å². The fourth-order valence-electron chi connectivity index (χ4n) is 1.88. The first-order valence-corrected chi connectivity index (χ1v) is 7.56. The van der Waals surface area contributed by atoms with Crippen LogP contribution in [0.15, 0.2) is 47.4 Å². The topological polar surface area (TPSA) is 42.4 Å². The number of aliphatic hydroxyl groups is 1. The molecule has 4 heteroatoms.